The van der Waals surface area contributed by atoms with Crippen LogP contribution in [0.3, 0.4) is 0 Å². The van der Waals surface area contributed by atoms with Gasteiger partial charge in [0.25, 0.3) is 0 Å². The van der Waals surface area contributed by atoms with Gasteiger partial charge in [-0.2, -0.15) is 0 Å². The Labute approximate surface area is 139 Å². The van der Waals surface area contributed by atoms with Gasteiger partial charge in [0, 0.05) is 30.7 Å². The van der Waals surface area contributed by atoms with Crippen LogP contribution in [-0.2, 0) is 0 Å². The van der Waals surface area contributed by atoms with E-state index < -0.39 is 21.5 Å². The topological polar surface area (TPSA) is 105 Å². The molecular formula is C15H12F2N2O6. The normalized spacial score (nSPS) is 10.3. The summed E-state index contributed by atoms with van der Waals surface area (Å²) >= 11 is 0. The number of nitro groups is 2. The fourth-order valence-corrected chi connectivity index (χ4v) is 1.93. The molecule has 0 aromatic heterocycles. The highest BCUT2D eigenvalue weighted by Gasteiger charge is 2.17. The molecule has 0 N–H and O–H groups in total. The van der Waals surface area contributed by atoms with Gasteiger partial charge in [-0.15, -0.1) is 0 Å². The number of benzene rings is 2. The highest BCUT2D eigenvalue weighted by atomic mass is 19.1. The maximum absolute atomic E-state index is 13.1. The van der Waals surface area contributed by atoms with Gasteiger partial charge in [-0.1, -0.05) is 0 Å². The van der Waals surface area contributed by atoms with E-state index >= 15 is 0 Å². The molecule has 0 aliphatic heterocycles. The summed E-state index contributed by atoms with van der Waals surface area (Å²) in [6.07, 6.45) is 0.182. The van der Waals surface area contributed by atoms with Gasteiger partial charge in [-0.3, -0.25) is 20.2 Å². The van der Waals surface area contributed by atoms with Crippen molar-refractivity contribution in [1.82, 2.24) is 0 Å². The molecule has 25 heavy (non-hydrogen) atoms. The van der Waals surface area contributed by atoms with Crippen molar-refractivity contribution in [2.75, 3.05) is 13.2 Å². The van der Waals surface area contributed by atoms with Gasteiger partial charge in [-0.25, -0.2) is 8.78 Å². The zero-order valence-corrected chi connectivity index (χ0v) is 12.7. The fraction of sp³-hybridized carbons (Fsp3) is 0.200. The summed E-state index contributed by atoms with van der Waals surface area (Å²) in [5.41, 5.74) is -0.772. The summed E-state index contributed by atoms with van der Waals surface area (Å²) in [5.74, 6) is -1.84. The van der Waals surface area contributed by atoms with E-state index in [9.17, 15) is 29.0 Å². The Morgan fingerprint density at radius 3 is 1.56 bits per heavy atom. The molecule has 0 atom stereocenters. The average molecular weight is 354 g/mol. The molecule has 10 heteroatoms. The van der Waals surface area contributed by atoms with E-state index in [1.54, 1.807) is 0 Å². The number of nitro benzene ring substituents is 2. The summed E-state index contributed by atoms with van der Waals surface area (Å²) in [6.45, 7) is -0.124. The Bertz CT molecular complexity index is 734. The van der Waals surface area contributed by atoms with Gasteiger partial charge in [-0.05, 0) is 12.1 Å². The van der Waals surface area contributed by atoms with E-state index in [-0.39, 0.29) is 42.5 Å². The largest absolute Gasteiger partial charge is 0.487 e. The van der Waals surface area contributed by atoms with Crippen LogP contribution in [0.2, 0.25) is 0 Å². The number of halogens is 2. The van der Waals surface area contributed by atoms with Crippen LogP contribution in [-0.4, -0.2) is 23.1 Å². The molecule has 0 spiro atoms. The summed E-state index contributed by atoms with van der Waals surface area (Å²) in [5, 5.41) is 21.6. The molecule has 8 nitrogen and oxygen atoms in total. The van der Waals surface area contributed by atoms with Gasteiger partial charge in [0.1, 0.15) is 11.6 Å². The SMILES string of the molecule is O=[N+]([O-])c1ccc(F)cc1OCCCOc1cc(F)ccc1[N+](=O)[O-]. The smallest absolute Gasteiger partial charge is 0.311 e. The van der Waals surface area contributed by atoms with E-state index in [2.05, 4.69) is 0 Å². The Hall–Kier alpha value is -3.30. The molecule has 0 saturated carbocycles. The third-order valence-corrected chi connectivity index (χ3v) is 3.04. The lowest BCUT2D eigenvalue weighted by Gasteiger charge is -2.09. The predicted octanol–water partition coefficient (Wildman–Crippen LogP) is 3.63. The van der Waals surface area contributed by atoms with Crippen molar-refractivity contribution in [3.63, 3.8) is 0 Å². The molecule has 0 aliphatic carbocycles. The Balaban J connectivity index is 1.91. The zero-order valence-electron chi connectivity index (χ0n) is 12.7. The van der Waals surface area contributed by atoms with Crippen LogP contribution in [0.15, 0.2) is 36.4 Å². The maximum atomic E-state index is 13.1. The van der Waals surface area contributed by atoms with Crippen LogP contribution in [0.1, 0.15) is 6.42 Å². The lowest BCUT2D eigenvalue weighted by molar-refractivity contribution is -0.385. The monoisotopic (exact) mass is 354 g/mol. The summed E-state index contributed by atoms with van der Waals surface area (Å²) in [6, 6.07) is 5.62. The van der Waals surface area contributed by atoms with Crippen molar-refractivity contribution in [1.29, 1.82) is 0 Å². The van der Waals surface area contributed by atoms with E-state index in [1.165, 1.54) is 0 Å². The average Bonchev–Trinajstić information content (AvgIpc) is 2.54. The van der Waals surface area contributed by atoms with Crippen LogP contribution >= 0.6 is 0 Å². The quantitative estimate of drug-likeness (QED) is 0.407. The fourth-order valence-electron chi connectivity index (χ4n) is 1.93. The molecule has 0 amide bonds. The highest BCUT2D eigenvalue weighted by molar-refractivity contribution is 5.47. The second-order valence-electron chi connectivity index (χ2n) is 4.79. The second kappa shape index (κ2) is 7.99. The van der Waals surface area contributed by atoms with Crippen LogP contribution in [0.4, 0.5) is 20.2 Å². The summed E-state index contributed by atoms with van der Waals surface area (Å²) < 4.78 is 36.6. The minimum absolute atomic E-state index is 0.0621. The molecule has 0 aliphatic rings. The van der Waals surface area contributed by atoms with Gasteiger partial charge in [0.2, 0.25) is 0 Å². The minimum atomic E-state index is -0.707. The number of hydrogen-bond acceptors (Lipinski definition) is 6. The summed E-state index contributed by atoms with van der Waals surface area (Å²) in [7, 11) is 0. The van der Waals surface area contributed by atoms with Crippen LogP contribution < -0.4 is 9.47 Å². The lowest BCUT2D eigenvalue weighted by Crippen LogP contribution is -2.07. The van der Waals surface area contributed by atoms with E-state index in [0.717, 1.165) is 36.4 Å². The lowest BCUT2D eigenvalue weighted by atomic mass is 10.3. The van der Waals surface area contributed by atoms with Crippen molar-refractivity contribution in [3.05, 3.63) is 68.3 Å². The molecule has 2 aromatic carbocycles. The molecule has 132 valence electrons. The third-order valence-electron chi connectivity index (χ3n) is 3.04. The number of hydrogen-bond donors (Lipinski definition) is 0. The Morgan fingerprint density at radius 2 is 1.20 bits per heavy atom. The first-order valence-electron chi connectivity index (χ1n) is 7.02. The second-order valence-corrected chi connectivity index (χ2v) is 4.79. The molecule has 0 bridgehead atoms. The first kappa shape index (κ1) is 18.0. The molecule has 0 fully saturated rings. The first-order valence-corrected chi connectivity index (χ1v) is 7.02. The van der Waals surface area contributed by atoms with Crippen molar-refractivity contribution in [2.24, 2.45) is 0 Å². The van der Waals surface area contributed by atoms with E-state index in [1.807, 2.05) is 0 Å². The molecule has 0 radical (unpaired) electrons. The van der Waals surface area contributed by atoms with E-state index in [0.29, 0.717) is 0 Å². The van der Waals surface area contributed by atoms with Crippen molar-refractivity contribution >= 4 is 11.4 Å². The molecule has 0 heterocycles. The van der Waals surface area contributed by atoms with Gasteiger partial charge >= 0.3 is 11.4 Å². The van der Waals surface area contributed by atoms with Gasteiger partial charge in [0.05, 0.1) is 23.1 Å². The maximum Gasteiger partial charge on any atom is 0.311 e. The molecule has 0 saturated heterocycles. The minimum Gasteiger partial charge on any atom is -0.487 e. The number of nitrogens with zero attached hydrogens (tertiary/aromatic N) is 2. The first-order chi connectivity index (χ1) is 11.9. The molecular weight excluding hydrogens is 342 g/mol. The van der Waals surface area contributed by atoms with E-state index in [4.69, 9.17) is 9.47 Å². The van der Waals surface area contributed by atoms with Crippen molar-refractivity contribution < 1.29 is 28.1 Å². The number of rotatable bonds is 8. The summed E-state index contributed by atoms with van der Waals surface area (Å²) in [4.78, 5) is 20.2. The Kier molecular flexibility index (Phi) is 5.77. The van der Waals surface area contributed by atoms with Gasteiger partial charge < -0.3 is 9.47 Å². The van der Waals surface area contributed by atoms with Crippen LogP contribution in [0.25, 0.3) is 0 Å². The van der Waals surface area contributed by atoms with Crippen molar-refractivity contribution in [3.8, 4) is 11.5 Å². The molecule has 2 aromatic rings. The number of ether oxygens (including phenoxy) is 2. The van der Waals surface area contributed by atoms with Crippen molar-refractivity contribution in [2.45, 2.75) is 6.42 Å². The standard InChI is InChI=1S/C15H12F2N2O6/c16-10-2-4-12(18(20)21)14(8-10)24-6-1-7-25-15-9-11(17)3-5-13(15)19(22)23/h2-5,8-9H,1,6-7H2. The highest BCUT2D eigenvalue weighted by Crippen LogP contribution is 2.29. The van der Waals surface area contributed by atoms with Crippen LogP contribution in [0, 0.1) is 31.9 Å². The van der Waals surface area contributed by atoms with Gasteiger partial charge in [0.15, 0.2) is 11.5 Å². The third kappa shape index (κ3) is 4.83. The molecule has 0 unspecified atom stereocenters. The van der Waals surface area contributed by atoms with Crippen LogP contribution in [0.5, 0.6) is 11.5 Å². The Morgan fingerprint density at radius 1 is 0.800 bits per heavy atom. The zero-order chi connectivity index (χ0) is 18.4. The molecule has 2 rings (SSSR count). The predicted molar refractivity (Wildman–Crippen MR) is 81.7 cm³/mol.